The topological polar surface area (TPSA) is 111 Å². The summed E-state index contributed by atoms with van der Waals surface area (Å²) in [6.07, 6.45) is 1.33. The molecule has 1 aliphatic rings. The van der Waals surface area contributed by atoms with Gasteiger partial charge in [-0.3, -0.25) is 9.69 Å². The summed E-state index contributed by atoms with van der Waals surface area (Å²) in [5.41, 5.74) is 10.9. The van der Waals surface area contributed by atoms with Crippen LogP contribution in [-0.2, 0) is 9.53 Å². The van der Waals surface area contributed by atoms with Crippen molar-refractivity contribution < 1.29 is 9.53 Å². The fraction of sp³-hybridized carbons (Fsp3) is 0.583. The molecule has 1 unspecified atom stereocenters. The smallest absolute Gasteiger partial charge is 0.231 e. The van der Waals surface area contributed by atoms with Crippen molar-refractivity contribution in [2.24, 2.45) is 5.73 Å². The lowest BCUT2D eigenvalue weighted by Gasteiger charge is -2.35. The highest BCUT2D eigenvalue weighted by atomic mass is 35.5. The van der Waals surface area contributed by atoms with Gasteiger partial charge in [0.05, 0.1) is 19.3 Å². The van der Waals surface area contributed by atoms with Crippen LogP contribution in [0.3, 0.4) is 0 Å². The molecule has 0 spiro atoms. The van der Waals surface area contributed by atoms with Crippen molar-refractivity contribution in [1.29, 1.82) is 0 Å². The Morgan fingerprint density at radius 3 is 3.10 bits per heavy atom. The Balaban J connectivity index is 2.00. The number of hydrogen-bond donors (Lipinski definition) is 2. The molecule has 2 heterocycles. The number of amides is 1. The van der Waals surface area contributed by atoms with Gasteiger partial charge < -0.3 is 21.1 Å². The second-order valence-corrected chi connectivity index (χ2v) is 5.38. The zero-order chi connectivity index (χ0) is 15.4. The van der Waals surface area contributed by atoms with E-state index in [-0.39, 0.29) is 24.4 Å². The van der Waals surface area contributed by atoms with Crippen LogP contribution in [0.25, 0.3) is 0 Å². The third-order valence-corrected chi connectivity index (χ3v) is 3.54. The number of hydrogen-bond acceptors (Lipinski definition) is 7. The third kappa shape index (κ3) is 4.16. The maximum absolute atomic E-state index is 10.9. The number of anilines is 2. The number of aromatic nitrogens is 2. The normalized spacial score (nSPS) is 19.0. The molecule has 1 aromatic rings. The summed E-state index contributed by atoms with van der Waals surface area (Å²) in [7, 11) is 1.82. The Bertz CT molecular complexity index is 515. The van der Waals surface area contributed by atoms with Crippen molar-refractivity contribution in [3.63, 3.8) is 0 Å². The minimum Gasteiger partial charge on any atom is -0.382 e. The lowest BCUT2D eigenvalue weighted by Crippen LogP contribution is -2.48. The molecule has 2 rings (SSSR count). The van der Waals surface area contributed by atoms with Gasteiger partial charge in [-0.05, 0) is 7.05 Å². The van der Waals surface area contributed by atoms with Crippen LogP contribution >= 0.6 is 11.6 Å². The number of carbonyl (C=O) groups is 1. The van der Waals surface area contributed by atoms with Crippen molar-refractivity contribution >= 4 is 29.1 Å². The predicted molar refractivity (Wildman–Crippen MR) is 80.1 cm³/mol. The van der Waals surface area contributed by atoms with Gasteiger partial charge >= 0.3 is 0 Å². The van der Waals surface area contributed by atoms with Crippen molar-refractivity contribution in [1.82, 2.24) is 14.9 Å². The summed E-state index contributed by atoms with van der Waals surface area (Å²) in [4.78, 5) is 22.8. The number of likely N-dealkylation sites (N-methyl/N-ethyl adjacent to an activating group) is 1. The first-order chi connectivity index (χ1) is 9.97. The minimum atomic E-state index is -0.364. The molecule has 1 fully saturated rings. The average molecular weight is 315 g/mol. The summed E-state index contributed by atoms with van der Waals surface area (Å²) in [5, 5.41) is 0.351. The number of nitrogens with zero attached hydrogens (tertiary/aromatic N) is 4. The van der Waals surface area contributed by atoms with E-state index in [1.807, 2.05) is 16.8 Å². The van der Waals surface area contributed by atoms with Gasteiger partial charge in [-0.25, -0.2) is 9.97 Å². The Labute approximate surface area is 128 Å². The third-order valence-electron chi connectivity index (χ3n) is 3.18. The van der Waals surface area contributed by atoms with E-state index in [1.165, 1.54) is 6.33 Å². The standard InChI is InChI=1S/C12H19ClN6O2/c1-18(6-9(14)20)4-8-5-19(2-3-21-8)12-10(13)11(15)16-7-17-12/h7-8H,2-6H2,1H3,(H2,14,20)(H2,15,16,17). The summed E-state index contributed by atoms with van der Waals surface area (Å²) in [6, 6.07) is 0. The van der Waals surface area contributed by atoms with E-state index in [2.05, 4.69) is 9.97 Å². The van der Waals surface area contributed by atoms with Gasteiger partial charge in [-0.15, -0.1) is 0 Å². The van der Waals surface area contributed by atoms with Gasteiger partial charge in [0.15, 0.2) is 5.82 Å². The van der Waals surface area contributed by atoms with Crippen LogP contribution in [-0.4, -0.2) is 66.7 Å². The second-order valence-electron chi connectivity index (χ2n) is 5.00. The Morgan fingerprint density at radius 2 is 2.38 bits per heavy atom. The van der Waals surface area contributed by atoms with E-state index in [0.717, 1.165) is 0 Å². The molecule has 1 aliphatic heterocycles. The van der Waals surface area contributed by atoms with Crippen LogP contribution in [0.5, 0.6) is 0 Å². The lowest BCUT2D eigenvalue weighted by atomic mass is 10.2. The Morgan fingerprint density at radius 1 is 1.62 bits per heavy atom. The number of primary amides is 1. The molecule has 0 aliphatic carbocycles. The van der Waals surface area contributed by atoms with Gasteiger partial charge in [0, 0.05) is 19.6 Å². The molecule has 0 saturated carbocycles. The SMILES string of the molecule is CN(CC(N)=O)CC1CN(c2ncnc(N)c2Cl)CCO1. The molecular formula is C12H19ClN6O2. The fourth-order valence-corrected chi connectivity index (χ4v) is 2.51. The van der Waals surface area contributed by atoms with Gasteiger partial charge in [-0.1, -0.05) is 11.6 Å². The van der Waals surface area contributed by atoms with Crippen LogP contribution in [0.4, 0.5) is 11.6 Å². The second kappa shape index (κ2) is 6.88. The highest BCUT2D eigenvalue weighted by molar-refractivity contribution is 6.35. The quantitative estimate of drug-likeness (QED) is 0.741. The molecule has 9 heteroatoms. The minimum absolute atomic E-state index is 0.0599. The first kappa shape index (κ1) is 15.7. The average Bonchev–Trinajstić information content (AvgIpc) is 2.41. The number of rotatable bonds is 5. The molecule has 0 radical (unpaired) electrons. The maximum atomic E-state index is 10.9. The molecule has 4 N–H and O–H groups in total. The summed E-state index contributed by atoms with van der Waals surface area (Å²) in [5.74, 6) is 0.502. The van der Waals surface area contributed by atoms with Crippen LogP contribution < -0.4 is 16.4 Å². The maximum Gasteiger partial charge on any atom is 0.231 e. The van der Waals surface area contributed by atoms with Crippen molar-refractivity contribution in [2.45, 2.75) is 6.10 Å². The highest BCUT2D eigenvalue weighted by Crippen LogP contribution is 2.28. The molecule has 1 aromatic heterocycles. The van der Waals surface area contributed by atoms with Crippen LogP contribution in [0.15, 0.2) is 6.33 Å². The van der Waals surface area contributed by atoms with Gasteiger partial charge in [0.2, 0.25) is 5.91 Å². The largest absolute Gasteiger partial charge is 0.382 e. The molecule has 1 amide bonds. The number of nitrogen functional groups attached to an aromatic ring is 1. The number of carbonyl (C=O) groups excluding carboxylic acids is 1. The van der Waals surface area contributed by atoms with Crippen LogP contribution in [0.2, 0.25) is 5.02 Å². The molecule has 116 valence electrons. The van der Waals surface area contributed by atoms with Crippen LogP contribution in [0.1, 0.15) is 0 Å². The molecule has 1 atom stereocenters. The molecule has 8 nitrogen and oxygen atoms in total. The molecular weight excluding hydrogens is 296 g/mol. The molecule has 1 saturated heterocycles. The number of nitrogens with two attached hydrogens (primary N) is 2. The zero-order valence-corrected chi connectivity index (χ0v) is 12.6. The summed E-state index contributed by atoms with van der Waals surface area (Å²) < 4.78 is 5.70. The molecule has 0 aromatic carbocycles. The summed E-state index contributed by atoms with van der Waals surface area (Å²) in [6.45, 7) is 2.62. The van der Waals surface area contributed by atoms with Crippen molar-refractivity contribution in [3.8, 4) is 0 Å². The first-order valence-electron chi connectivity index (χ1n) is 6.56. The highest BCUT2D eigenvalue weighted by Gasteiger charge is 2.25. The number of morpholine rings is 1. The van der Waals surface area contributed by atoms with E-state index >= 15 is 0 Å². The van der Waals surface area contributed by atoms with E-state index in [4.69, 9.17) is 27.8 Å². The fourth-order valence-electron chi connectivity index (χ4n) is 2.29. The number of halogens is 1. The monoisotopic (exact) mass is 314 g/mol. The Hall–Kier alpha value is -1.64. The first-order valence-corrected chi connectivity index (χ1v) is 6.94. The van der Waals surface area contributed by atoms with Crippen molar-refractivity contribution in [2.75, 3.05) is 50.5 Å². The zero-order valence-electron chi connectivity index (χ0n) is 11.8. The van der Waals surface area contributed by atoms with Gasteiger partial charge in [-0.2, -0.15) is 0 Å². The van der Waals surface area contributed by atoms with E-state index in [9.17, 15) is 4.79 Å². The molecule has 0 bridgehead atoms. The van der Waals surface area contributed by atoms with Gasteiger partial charge in [0.1, 0.15) is 17.2 Å². The van der Waals surface area contributed by atoms with E-state index in [1.54, 1.807) is 0 Å². The van der Waals surface area contributed by atoms with E-state index in [0.29, 0.717) is 37.1 Å². The predicted octanol–water partition coefficient (Wildman–Crippen LogP) is -0.665. The molecule has 21 heavy (non-hydrogen) atoms. The van der Waals surface area contributed by atoms with Crippen molar-refractivity contribution in [3.05, 3.63) is 11.3 Å². The van der Waals surface area contributed by atoms with Crippen LogP contribution in [0, 0.1) is 0 Å². The summed E-state index contributed by atoms with van der Waals surface area (Å²) >= 11 is 6.14. The lowest BCUT2D eigenvalue weighted by molar-refractivity contribution is -0.119. The van der Waals surface area contributed by atoms with Gasteiger partial charge in [0.25, 0.3) is 0 Å². The Kier molecular flexibility index (Phi) is 5.16. The number of ether oxygens (including phenoxy) is 1. The van der Waals surface area contributed by atoms with E-state index < -0.39 is 0 Å².